The Kier molecular flexibility index (Phi) is 8.05. The fourth-order valence-corrected chi connectivity index (χ4v) is 6.11. The molecule has 1 fully saturated rings. The third-order valence-corrected chi connectivity index (χ3v) is 8.83. The van der Waals surface area contributed by atoms with E-state index in [1.165, 1.54) is 15.9 Å². The Bertz CT molecular complexity index is 1880. The Morgan fingerprint density at radius 3 is 2.39 bits per heavy atom. The number of aromatic nitrogens is 2. The number of aryl methyl sites for hydroxylation is 1. The summed E-state index contributed by atoms with van der Waals surface area (Å²) in [5.41, 5.74) is 2.28. The molecule has 11 heteroatoms. The Morgan fingerprint density at radius 2 is 1.70 bits per heavy atom. The van der Waals surface area contributed by atoms with E-state index in [0.717, 1.165) is 47.7 Å². The number of rotatable bonds is 6. The molecule has 0 radical (unpaired) electrons. The first-order valence-electron chi connectivity index (χ1n) is 15.1. The largest absolute Gasteiger partial charge is 0.416 e. The third kappa shape index (κ3) is 5.94. The fraction of sp³-hybridized carbons (Fsp3) is 0.314. The van der Waals surface area contributed by atoms with Crippen LogP contribution < -0.4 is 5.56 Å². The summed E-state index contributed by atoms with van der Waals surface area (Å²) in [6.07, 6.45) is -3.96. The van der Waals surface area contributed by atoms with Gasteiger partial charge in [0, 0.05) is 26.2 Å². The highest BCUT2D eigenvalue weighted by Gasteiger charge is 2.49. The van der Waals surface area contributed by atoms with Gasteiger partial charge in [-0.1, -0.05) is 48.5 Å². The van der Waals surface area contributed by atoms with Crippen LogP contribution in [0.15, 0.2) is 77.6 Å². The van der Waals surface area contributed by atoms with Crippen molar-refractivity contribution < 1.29 is 27.9 Å². The number of benzene rings is 3. The minimum atomic E-state index is -4.62. The van der Waals surface area contributed by atoms with Gasteiger partial charge in [0.05, 0.1) is 28.8 Å². The molecule has 6 rings (SSSR count). The van der Waals surface area contributed by atoms with Crippen molar-refractivity contribution in [2.75, 3.05) is 20.6 Å². The van der Waals surface area contributed by atoms with Crippen molar-refractivity contribution in [2.24, 2.45) is 0 Å². The second kappa shape index (κ2) is 11.9. The van der Waals surface area contributed by atoms with Crippen LogP contribution in [0.2, 0.25) is 0 Å². The molecule has 0 spiro atoms. The maximum Gasteiger partial charge on any atom is 0.416 e. The van der Waals surface area contributed by atoms with Gasteiger partial charge in [-0.3, -0.25) is 14.4 Å². The number of aliphatic hydroxyl groups is 1. The molecule has 46 heavy (non-hydrogen) atoms. The molecule has 2 N–H and O–H groups in total. The van der Waals surface area contributed by atoms with Crippen molar-refractivity contribution in [1.29, 1.82) is 0 Å². The highest BCUT2D eigenvalue weighted by molar-refractivity contribution is 5.95. The Morgan fingerprint density at radius 1 is 1.00 bits per heavy atom. The fourth-order valence-electron chi connectivity index (χ4n) is 6.11. The molecule has 1 saturated carbocycles. The number of nitrogens with one attached hydrogen (secondary N) is 1. The maximum atomic E-state index is 13.5. The second-order valence-corrected chi connectivity index (χ2v) is 12.2. The monoisotopic (exact) mass is 630 g/mol. The molecule has 1 aliphatic carbocycles. The van der Waals surface area contributed by atoms with Gasteiger partial charge in [-0.05, 0) is 72.2 Å². The summed E-state index contributed by atoms with van der Waals surface area (Å²) in [5.74, 6) is -0.315. The van der Waals surface area contributed by atoms with Gasteiger partial charge in [-0.15, -0.1) is 0 Å². The van der Waals surface area contributed by atoms with E-state index in [1.54, 1.807) is 20.2 Å². The predicted molar refractivity (Wildman–Crippen MR) is 165 cm³/mol. The molecule has 0 saturated heterocycles. The number of H-pyrrole nitrogens is 1. The van der Waals surface area contributed by atoms with Crippen LogP contribution in [0, 0.1) is 0 Å². The first-order valence-corrected chi connectivity index (χ1v) is 15.1. The number of carbonyl (C=O) groups excluding carboxylic acids is 2. The quantitative estimate of drug-likeness (QED) is 0.303. The lowest BCUT2D eigenvalue weighted by molar-refractivity contribution is -0.142. The van der Waals surface area contributed by atoms with Crippen molar-refractivity contribution in [1.82, 2.24) is 19.8 Å². The lowest BCUT2D eigenvalue weighted by Gasteiger charge is -2.24. The lowest BCUT2D eigenvalue weighted by atomic mass is 9.91. The number of hydrogen-bond acceptors (Lipinski definition) is 5. The third-order valence-electron chi connectivity index (χ3n) is 8.83. The van der Waals surface area contributed by atoms with Crippen LogP contribution in [0.4, 0.5) is 13.2 Å². The van der Waals surface area contributed by atoms with Gasteiger partial charge in [-0.2, -0.15) is 13.2 Å². The van der Waals surface area contributed by atoms with Gasteiger partial charge in [0.2, 0.25) is 0 Å². The van der Waals surface area contributed by atoms with E-state index in [2.05, 4.69) is 11.1 Å². The van der Waals surface area contributed by atoms with Crippen molar-refractivity contribution in [3.63, 3.8) is 0 Å². The Balaban J connectivity index is 1.26. The minimum Gasteiger partial charge on any atom is -0.378 e. The number of carbonyl (C=O) groups is 2. The van der Waals surface area contributed by atoms with Crippen LogP contribution >= 0.6 is 0 Å². The summed E-state index contributed by atoms with van der Waals surface area (Å²) in [6.45, 7) is 0.0971. The van der Waals surface area contributed by atoms with E-state index in [1.807, 2.05) is 36.4 Å². The summed E-state index contributed by atoms with van der Waals surface area (Å²) in [7, 11) is 3.42. The Labute approximate surface area is 263 Å². The van der Waals surface area contributed by atoms with Gasteiger partial charge in [-0.25, -0.2) is 4.98 Å². The van der Waals surface area contributed by atoms with Crippen LogP contribution in [0.1, 0.15) is 69.5 Å². The summed E-state index contributed by atoms with van der Waals surface area (Å²) in [5, 5.41) is 10.7. The molecular weight excluding hydrogens is 597 g/mol. The number of amides is 2. The summed E-state index contributed by atoms with van der Waals surface area (Å²) < 4.78 is 39.6. The molecule has 2 heterocycles. The van der Waals surface area contributed by atoms with Gasteiger partial charge in [0.1, 0.15) is 5.82 Å². The highest BCUT2D eigenvalue weighted by Crippen LogP contribution is 2.52. The van der Waals surface area contributed by atoms with Crippen molar-refractivity contribution in [2.45, 2.75) is 49.9 Å². The first-order chi connectivity index (χ1) is 21.9. The van der Waals surface area contributed by atoms with E-state index in [9.17, 15) is 32.7 Å². The van der Waals surface area contributed by atoms with E-state index in [0.29, 0.717) is 35.5 Å². The van der Waals surface area contributed by atoms with Crippen LogP contribution in [0.25, 0.3) is 11.1 Å². The van der Waals surface area contributed by atoms with Crippen LogP contribution in [-0.2, 0) is 29.4 Å². The molecular formula is C35H33F3N4O4. The zero-order valence-electron chi connectivity index (χ0n) is 25.4. The number of aromatic amines is 1. The van der Waals surface area contributed by atoms with Gasteiger partial charge in [0.25, 0.3) is 17.4 Å². The lowest BCUT2D eigenvalue weighted by Crippen LogP contribution is -2.36. The number of nitrogens with zero attached hydrogens (tertiary/aromatic N) is 3. The molecule has 1 aliphatic heterocycles. The molecule has 238 valence electrons. The summed E-state index contributed by atoms with van der Waals surface area (Å²) >= 11 is 0. The van der Waals surface area contributed by atoms with E-state index in [4.69, 9.17) is 4.98 Å². The SMILES string of the molecule is CN(C)C(=O)c1cccc(-c2cccc(C3(c4nc5c(c(=O)[nH]4)CN(C(=O)C(O)c4cccc(C(F)(F)F)c4)CCC5)CC3)c2)c1. The molecule has 3 aromatic carbocycles. The van der Waals surface area contributed by atoms with Crippen molar-refractivity contribution >= 4 is 11.8 Å². The molecule has 8 nitrogen and oxygen atoms in total. The van der Waals surface area contributed by atoms with Gasteiger partial charge >= 0.3 is 6.18 Å². The normalized spacial score (nSPS) is 16.3. The molecule has 2 amide bonds. The molecule has 1 unspecified atom stereocenters. The van der Waals surface area contributed by atoms with E-state index >= 15 is 0 Å². The topological polar surface area (TPSA) is 107 Å². The highest BCUT2D eigenvalue weighted by atomic mass is 19.4. The van der Waals surface area contributed by atoms with Gasteiger partial charge in [0.15, 0.2) is 6.10 Å². The first kappa shape index (κ1) is 31.2. The molecule has 2 aliphatic rings. The smallest absolute Gasteiger partial charge is 0.378 e. The number of aliphatic hydroxyl groups excluding tert-OH is 1. The predicted octanol–water partition coefficient (Wildman–Crippen LogP) is 5.25. The Hall–Kier alpha value is -4.77. The van der Waals surface area contributed by atoms with Crippen molar-refractivity contribution in [3.8, 4) is 11.1 Å². The standard InChI is InChI=1S/C35H33F3N4O4/c1-41(2)31(45)24-10-3-7-21(17-24)22-8-4-11-25(18-22)34(14-15-34)33-39-28-13-6-16-42(20-27(28)30(44)40-33)32(46)29(43)23-9-5-12-26(19-23)35(36,37)38/h3-5,7-12,17-19,29,43H,6,13-16,20H2,1-2H3,(H,39,40,44). The number of hydrogen-bond donors (Lipinski definition) is 2. The average molecular weight is 631 g/mol. The average Bonchev–Trinajstić information content (AvgIpc) is 3.88. The van der Waals surface area contributed by atoms with E-state index < -0.39 is 29.2 Å². The second-order valence-electron chi connectivity index (χ2n) is 12.2. The zero-order valence-corrected chi connectivity index (χ0v) is 25.4. The summed E-state index contributed by atoms with van der Waals surface area (Å²) in [6, 6.07) is 19.5. The number of alkyl halides is 3. The molecule has 4 aromatic rings. The minimum absolute atomic E-state index is 0.0890. The molecule has 0 bridgehead atoms. The van der Waals surface area contributed by atoms with Crippen LogP contribution in [0.3, 0.4) is 0 Å². The number of fused-ring (bicyclic) bond motifs is 1. The number of halogens is 3. The van der Waals surface area contributed by atoms with E-state index in [-0.39, 0.29) is 30.1 Å². The van der Waals surface area contributed by atoms with Crippen molar-refractivity contribution in [3.05, 3.63) is 122 Å². The molecule has 1 atom stereocenters. The maximum absolute atomic E-state index is 13.5. The van der Waals surface area contributed by atoms with Gasteiger partial charge < -0.3 is 19.9 Å². The molecule has 1 aromatic heterocycles. The van der Waals surface area contributed by atoms with Crippen LogP contribution in [0.5, 0.6) is 0 Å². The summed E-state index contributed by atoms with van der Waals surface area (Å²) in [4.78, 5) is 50.0. The van der Waals surface area contributed by atoms with Crippen LogP contribution in [-0.4, -0.2) is 57.3 Å². The zero-order chi connectivity index (χ0) is 32.8.